The first-order valence-corrected chi connectivity index (χ1v) is 8.17. The number of benzene rings is 1. The van der Waals surface area contributed by atoms with Gasteiger partial charge in [0.1, 0.15) is 5.82 Å². The summed E-state index contributed by atoms with van der Waals surface area (Å²) < 4.78 is 1.02. The fourth-order valence-corrected chi connectivity index (χ4v) is 3.13. The van der Waals surface area contributed by atoms with E-state index in [1.807, 2.05) is 31.2 Å². The highest BCUT2D eigenvalue weighted by atomic mass is 79.9. The molecule has 0 atom stereocenters. The number of nitrogen functional groups attached to an aromatic ring is 1. The van der Waals surface area contributed by atoms with E-state index in [9.17, 15) is 0 Å². The number of aryl methyl sites for hydroxylation is 1. The molecule has 1 aliphatic heterocycles. The Kier molecular flexibility index (Phi) is 4.31. The first-order chi connectivity index (χ1) is 10.5. The molecule has 0 amide bonds. The third kappa shape index (κ3) is 3.08. The maximum atomic E-state index is 6.23. The third-order valence-electron chi connectivity index (χ3n) is 4.01. The van der Waals surface area contributed by atoms with Crippen molar-refractivity contribution in [2.45, 2.75) is 6.92 Å². The Bertz CT molecular complexity index is 657. The highest BCUT2D eigenvalue weighted by Gasteiger charge is 2.19. The second-order valence-electron chi connectivity index (χ2n) is 5.67. The van der Waals surface area contributed by atoms with Crippen molar-refractivity contribution in [2.75, 3.05) is 43.9 Å². The van der Waals surface area contributed by atoms with Crippen LogP contribution in [0.4, 0.5) is 11.8 Å². The molecular formula is C16H20BrN5. The molecule has 1 aromatic heterocycles. The van der Waals surface area contributed by atoms with Crippen LogP contribution in [0.5, 0.6) is 0 Å². The van der Waals surface area contributed by atoms with Gasteiger partial charge in [0.25, 0.3) is 0 Å². The summed E-state index contributed by atoms with van der Waals surface area (Å²) in [5.74, 6) is 1.28. The van der Waals surface area contributed by atoms with Gasteiger partial charge in [-0.1, -0.05) is 28.1 Å². The van der Waals surface area contributed by atoms with E-state index in [-0.39, 0.29) is 0 Å². The lowest BCUT2D eigenvalue weighted by atomic mass is 10.1. The predicted octanol–water partition coefficient (Wildman–Crippen LogP) is 2.55. The number of halogens is 1. The zero-order valence-electron chi connectivity index (χ0n) is 12.9. The van der Waals surface area contributed by atoms with Gasteiger partial charge in [0, 0.05) is 36.2 Å². The molecule has 6 heteroatoms. The average molecular weight is 362 g/mol. The molecule has 1 saturated heterocycles. The molecule has 1 aliphatic rings. The molecule has 1 fully saturated rings. The summed E-state index contributed by atoms with van der Waals surface area (Å²) in [6.45, 7) is 5.91. The highest BCUT2D eigenvalue weighted by Crippen LogP contribution is 2.30. The maximum absolute atomic E-state index is 6.23. The molecule has 0 aliphatic carbocycles. The van der Waals surface area contributed by atoms with Crippen LogP contribution in [0.2, 0.25) is 0 Å². The number of nitrogens with zero attached hydrogens (tertiary/aromatic N) is 4. The maximum Gasteiger partial charge on any atom is 0.227 e. The lowest BCUT2D eigenvalue weighted by molar-refractivity contribution is 0.311. The normalized spacial score (nSPS) is 16.0. The second-order valence-corrected chi connectivity index (χ2v) is 6.59. The average Bonchev–Trinajstić information content (AvgIpc) is 2.47. The minimum Gasteiger partial charge on any atom is -0.383 e. The Hall–Kier alpha value is -1.66. The van der Waals surface area contributed by atoms with Gasteiger partial charge in [-0.25, -0.2) is 4.98 Å². The molecule has 2 N–H and O–H groups in total. The van der Waals surface area contributed by atoms with Crippen molar-refractivity contribution in [3.8, 4) is 11.1 Å². The molecule has 116 valence electrons. The SMILES string of the molecule is Cc1nc(N2CCN(C)CC2)nc(N)c1-c1cccc(Br)c1. The van der Waals surface area contributed by atoms with Crippen LogP contribution in [-0.2, 0) is 0 Å². The van der Waals surface area contributed by atoms with Gasteiger partial charge in [-0.15, -0.1) is 0 Å². The quantitative estimate of drug-likeness (QED) is 0.890. The van der Waals surface area contributed by atoms with Crippen LogP contribution in [0.15, 0.2) is 28.7 Å². The van der Waals surface area contributed by atoms with Gasteiger partial charge in [-0.3, -0.25) is 0 Å². The minimum atomic E-state index is 0.541. The first kappa shape index (κ1) is 15.2. The van der Waals surface area contributed by atoms with Crippen LogP contribution < -0.4 is 10.6 Å². The summed E-state index contributed by atoms with van der Waals surface area (Å²) in [6, 6.07) is 8.06. The van der Waals surface area contributed by atoms with E-state index in [1.165, 1.54) is 0 Å². The first-order valence-electron chi connectivity index (χ1n) is 7.38. The van der Waals surface area contributed by atoms with Gasteiger partial charge < -0.3 is 15.5 Å². The number of likely N-dealkylation sites (N-methyl/N-ethyl adjacent to an activating group) is 1. The van der Waals surface area contributed by atoms with Gasteiger partial charge in [-0.05, 0) is 31.7 Å². The smallest absolute Gasteiger partial charge is 0.227 e. The number of rotatable bonds is 2. The van der Waals surface area contributed by atoms with E-state index in [2.05, 4.69) is 42.7 Å². The molecule has 0 radical (unpaired) electrons. The molecule has 0 unspecified atom stereocenters. The fraction of sp³-hybridized carbons (Fsp3) is 0.375. The summed E-state index contributed by atoms with van der Waals surface area (Å²) in [6.07, 6.45) is 0. The number of aromatic nitrogens is 2. The Morgan fingerprint density at radius 1 is 1.14 bits per heavy atom. The standard InChI is InChI=1S/C16H20BrN5/c1-11-14(12-4-3-5-13(17)10-12)15(18)20-16(19-11)22-8-6-21(2)7-9-22/h3-5,10H,6-9H2,1-2H3,(H2,18,19,20). The van der Waals surface area contributed by atoms with Crippen molar-refractivity contribution in [3.05, 3.63) is 34.4 Å². The Morgan fingerprint density at radius 2 is 1.86 bits per heavy atom. The molecule has 3 rings (SSSR count). The van der Waals surface area contributed by atoms with Crippen LogP contribution in [0, 0.1) is 6.92 Å². The van der Waals surface area contributed by atoms with Gasteiger partial charge >= 0.3 is 0 Å². The largest absolute Gasteiger partial charge is 0.383 e. The van der Waals surface area contributed by atoms with Gasteiger partial charge in [0.15, 0.2) is 0 Å². The van der Waals surface area contributed by atoms with Crippen molar-refractivity contribution in [2.24, 2.45) is 0 Å². The van der Waals surface area contributed by atoms with Gasteiger partial charge in [-0.2, -0.15) is 4.98 Å². The number of anilines is 2. The zero-order valence-corrected chi connectivity index (χ0v) is 14.5. The predicted molar refractivity (Wildman–Crippen MR) is 94.0 cm³/mol. The van der Waals surface area contributed by atoms with E-state index in [0.717, 1.165) is 53.4 Å². The lowest BCUT2D eigenvalue weighted by Gasteiger charge is -2.32. The zero-order chi connectivity index (χ0) is 15.7. The molecule has 0 spiro atoms. The van der Waals surface area contributed by atoms with Crippen molar-refractivity contribution in [1.29, 1.82) is 0 Å². The molecule has 0 bridgehead atoms. The highest BCUT2D eigenvalue weighted by molar-refractivity contribution is 9.10. The van der Waals surface area contributed by atoms with Crippen molar-refractivity contribution in [1.82, 2.24) is 14.9 Å². The Morgan fingerprint density at radius 3 is 2.50 bits per heavy atom. The van der Waals surface area contributed by atoms with Gasteiger partial charge in [0.05, 0.1) is 5.69 Å². The summed E-state index contributed by atoms with van der Waals surface area (Å²) in [4.78, 5) is 13.7. The van der Waals surface area contributed by atoms with E-state index < -0.39 is 0 Å². The van der Waals surface area contributed by atoms with E-state index in [4.69, 9.17) is 5.73 Å². The van der Waals surface area contributed by atoms with Crippen molar-refractivity contribution in [3.63, 3.8) is 0 Å². The summed E-state index contributed by atoms with van der Waals surface area (Å²) in [5, 5.41) is 0. The molecule has 22 heavy (non-hydrogen) atoms. The number of piperazine rings is 1. The van der Waals surface area contributed by atoms with Crippen LogP contribution in [0.25, 0.3) is 11.1 Å². The molecule has 1 aromatic carbocycles. The summed E-state index contributed by atoms with van der Waals surface area (Å²) in [5.41, 5.74) is 9.10. The second kappa shape index (κ2) is 6.22. The van der Waals surface area contributed by atoms with E-state index >= 15 is 0 Å². The summed E-state index contributed by atoms with van der Waals surface area (Å²) in [7, 11) is 2.13. The molecule has 0 saturated carbocycles. The Labute approximate surface area is 139 Å². The topological polar surface area (TPSA) is 58.3 Å². The van der Waals surface area contributed by atoms with E-state index in [0.29, 0.717) is 5.82 Å². The third-order valence-corrected chi connectivity index (χ3v) is 4.50. The number of nitrogens with two attached hydrogens (primary N) is 1. The molecule has 2 heterocycles. The van der Waals surface area contributed by atoms with E-state index in [1.54, 1.807) is 0 Å². The monoisotopic (exact) mass is 361 g/mol. The summed E-state index contributed by atoms with van der Waals surface area (Å²) >= 11 is 3.50. The van der Waals surface area contributed by atoms with Crippen molar-refractivity contribution < 1.29 is 0 Å². The number of hydrogen-bond donors (Lipinski definition) is 1. The molecular weight excluding hydrogens is 342 g/mol. The van der Waals surface area contributed by atoms with Crippen molar-refractivity contribution >= 4 is 27.7 Å². The Balaban J connectivity index is 1.95. The fourth-order valence-electron chi connectivity index (χ4n) is 2.73. The van der Waals surface area contributed by atoms with Crippen LogP contribution >= 0.6 is 15.9 Å². The van der Waals surface area contributed by atoms with Crippen LogP contribution in [0.3, 0.4) is 0 Å². The van der Waals surface area contributed by atoms with Gasteiger partial charge in [0.2, 0.25) is 5.95 Å². The minimum absolute atomic E-state index is 0.541. The van der Waals surface area contributed by atoms with Crippen LogP contribution in [-0.4, -0.2) is 48.1 Å². The van der Waals surface area contributed by atoms with Crippen LogP contribution in [0.1, 0.15) is 5.69 Å². The lowest BCUT2D eigenvalue weighted by Crippen LogP contribution is -2.45. The molecule has 2 aromatic rings. The molecule has 5 nitrogen and oxygen atoms in total. The number of hydrogen-bond acceptors (Lipinski definition) is 5.